The van der Waals surface area contributed by atoms with Crippen molar-refractivity contribution >= 4 is 5.69 Å². The maximum atomic E-state index is 5.44. The van der Waals surface area contributed by atoms with E-state index < -0.39 is 0 Å². The number of likely N-dealkylation sites (N-methyl/N-ethyl adjacent to an activating group) is 2. The molecule has 0 saturated carbocycles. The first-order valence-electron chi connectivity index (χ1n) is 6.28. The van der Waals surface area contributed by atoms with Crippen molar-refractivity contribution in [2.75, 3.05) is 45.8 Å². The van der Waals surface area contributed by atoms with Crippen LogP contribution in [0.3, 0.4) is 0 Å². The highest BCUT2D eigenvalue weighted by atomic mass is 16.5. The zero-order chi connectivity index (χ0) is 13.5. The minimum absolute atomic E-state index is 0.882. The number of benzene rings is 1. The second-order valence-electron chi connectivity index (χ2n) is 4.27. The van der Waals surface area contributed by atoms with Crippen molar-refractivity contribution in [2.45, 2.75) is 13.8 Å². The Hall–Kier alpha value is -1.42. The minimum Gasteiger partial charge on any atom is -0.496 e. The molecule has 0 spiro atoms. The van der Waals surface area contributed by atoms with Gasteiger partial charge in [0.05, 0.1) is 19.9 Å². The summed E-state index contributed by atoms with van der Waals surface area (Å²) in [6, 6.07) is 4.04. The Morgan fingerprint density at radius 1 is 1.17 bits per heavy atom. The van der Waals surface area contributed by atoms with Crippen LogP contribution >= 0.6 is 0 Å². The summed E-state index contributed by atoms with van der Waals surface area (Å²) in [5.41, 5.74) is 2.14. The summed E-state index contributed by atoms with van der Waals surface area (Å²) in [7, 11) is 5.45. The Morgan fingerprint density at radius 3 is 2.39 bits per heavy atom. The molecule has 0 aliphatic heterocycles. The van der Waals surface area contributed by atoms with Gasteiger partial charge in [0.15, 0.2) is 0 Å². The Labute approximate surface area is 110 Å². The third-order valence-electron chi connectivity index (χ3n) is 2.98. The van der Waals surface area contributed by atoms with Crippen molar-refractivity contribution in [1.29, 1.82) is 0 Å². The van der Waals surface area contributed by atoms with Gasteiger partial charge < -0.3 is 19.7 Å². The summed E-state index contributed by atoms with van der Waals surface area (Å²) in [6.07, 6.45) is 0. The molecule has 4 nitrogen and oxygen atoms in total. The monoisotopic (exact) mass is 252 g/mol. The molecule has 1 aromatic carbocycles. The highest BCUT2D eigenvalue weighted by Crippen LogP contribution is 2.34. The van der Waals surface area contributed by atoms with Crippen molar-refractivity contribution in [2.24, 2.45) is 0 Å². The number of methoxy groups -OCH3 is 2. The van der Waals surface area contributed by atoms with Crippen LogP contribution in [0.15, 0.2) is 12.1 Å². The second-order valence-corrected chi connectivity index (χ2v) is 4.27. The molecule has 0 aliphatic carbocycles. The number of anilines is 1. The van der Waals surface area contributed by atoms with Crippen molar-refractivity contribution in [3.8, 4) is 11.5 Å². The van der Waals surface area contributed by atoms with E-state index in [1.807, 2.05) is 19.1 Å². The fraction of sp³-hybridized carbons (Fsp3) is 0.571. The van der Waals surface area contributed by atoms with Crippen molar-refractivity contribution < 1.29 is 9.47 Å². The topological polar surface area (TPSA) is 33.7 Å². The van der Waals surface area contributed by atoms with E-state index >= 15 is 0 Å². The third-order valence-corrected chi connectivity index (χ3v) is 2.98. The molecule has 1 rings (SSSR count). The van der Waals surface area contributed by atoms with Crippen LogP contribution in [0.25, 0.3) is 0 Å². The first-order valence-corrected chi connectivity index (χ1v) is 6.28. The molecule has 0 saturated heterocycles. The van der Waals surface area contributed by atoms with Gasteiger partial charge in [-0.2, -0.15) is 0 Å². The van der Waals surface area contributed by atoms with Gasteiger partial charge in [0.25, 0.3) is 0 Å². The number of aryl methyl sites for hydroxylation is 1. The van der Waals surface area contributed by atoms with Crippen LogP contribution in [-0.4, -0.2) is 40.9 Å². The average Bonchev–Trinajstić information content (AvgIpc) is 2.38. The molecule has 0 aromatic heterocycles. The molecule has 1 N–H and O–H groups in total. The van der Waals surface area contributed by atoms with E-state index in [1.165, 1.54) is 0 Å². The Morgan fingerprint density at radius 2 is 1.83 bits per heavy atom. The fourth-order valence-corrected chi connectivity index (χ4v) is 1.88. The SMILES string of the molecule is CCNCCN(C)c1cc(OC)c(C)cc1OC. The summed E-state index contributed by atoms with van der Waals surface area (Å²) >= 11 is 0. The van der Waals surface area contributed by atoms with Crippen LogP contribution in [0.2, 0.25) is 0 Å². The fourth-order valence-electron chi connectivity index (χ4n) is 1.88. The van der Waals surface area contributed by atoms with E-state index in [1.54, 1.807) is 14.2 Å². The van der Waals surface area contributed by atoms with Gasteiger partial charge in [-0.05, 0) is 25.1 Å². The molecule has 0 amide bonds. The molecular weight excluding hydrogens is 228 g/mol. The maximum absolute atomic E-state index is 5.44. The molecule has 1 aromatic rings. The summed E-state index contributed by atoms with van der Waals surface area (Å²) in [5.74, 6) is 1.77. The predicted octanol–water partition coefficient (Wildman–Crippen LogP) is 2.06. The molecule has 0 radical (unpaired) electrons. The predicted molar refractivity (Wildman–Crippen MR) is 76.1 cm³/mol. The lowest BCUT2D eigenvalue weighted by atomic mass is 10.1. The van der Waals surface area contributed by atoms with Crippen molar-refractivity contribution in [1.82, 2.24) is 5.32 Å². The second kappa shape index (κ2) is 7.11. The van der Waals surface area contributed by atoms with Gasteiger partial charge in [0, 0.05) is 26.2 Å². The summed E-state index contributed by atoms with van der Waals surface area (Å²) in [4.78, 5) is 2.17. The zero-order valence-corrected chi connectivity index (χ0v) is 12.0. The molecule has 0 unspecified atom stereocenters. The molecule has 0 atom stereocenters. The van der Waals surface area contributed by atoms with Gasteiger partial charge in [-0.15, -0.1) is 0 Å². The quantitative estimate of drug-likeness (QED) is 0.753. The van der Waals surface area contributed by atoms with Crippen LogP contribution in [0.1, 0.15) is 12.5 Å². The van der Waals surface area contributed by atoms with E-state index in [-0.39, 0.29) is 0 Å². The van der Waals surface area contributed by atoms with Crippen LogP contribution in [0, 0.1) is 6.92 Å². The van der Waals surface area contributed by atoms with Gasteiger partial charge >= 0.3 is 0 Å². The third kappa shape index (κ3) is 3.53. The lowest BCUT2D eigenvalue weighted by molar-refractivity contribution is 0.400. The van der Waals surface area contributed by atoms with Crippen LogP contribution in [-0.2, 0) is 0 Å². The van der Waals surface area contributed by atoms with Crippen LogP contribution < -0.4 is 19.7 Å². The molecule has 0 aliphatic rings. The molecule has 102 valence electrons. The summed E-state index contributed by atoms with van der Waals surface area (Å²) < 4.78 is 10.8. The minimum atomic E-state index is 0.882. The van der Waals surface area contributed by atoms with Gasteiger partial charge in [-0.1, -0.05) is 6.92 Å². The lowest BCUT2D eigenvalue weighted by Gasteiger charge is -2.23. The van der Waals surface area contributed by atoms with Crippen LogP contribution in [0.4, 0.5) is 5.69 Å². The van der Waals surface area contributed by atoms with Crippen molar-refractivity contribution in [3.63, 3.8) is 0 Å². The van der Waals surface area contributed by atoms with Crippen molar-refractivity contribution in [3.05, 3.63) is 17.7 Å². The zero-order valence-electron chi connectivity index (χ0n) is 12.0. The number of hydrogen-bond acceptors (Lipinski definition) is 4. The van der Waals surface area contributed by atoms with Gasteiger partial charge in [-0.25, -0.2) is 0 Å². The summed E-state index contributed by atoms with van der Waals surface area (Å²) in [6.45, 7) is 6.99. The Bertz CT molecular complexity index is 380. The molecule has 0 fully saturated rings. The van der Waals surface area contributed by atoms with E-state index in [0.717, 1.165) is 42.4 Å². The largest absolute Gasteiger partial charge is 0.496 e. The highest BCUT2D eigenvalue weighted by Gasteiger charge is 2.12. The molecule has 0 heterocycles. The van der Waals surface area contributed by atoms with Gasteiger partial charge in [0.2, 0.25) is 0 Å². The maximum Gasteiger partial charge on any atom is 0.142 e. The highest BCUT2D eigenvalue weighted by molar-refractivity contribution is 5.63. The average molecular weight is 252 g/mol. The smallest absolute Gasteiger partial charge is 0.142 e. The first-order chi connectivity index (χ1) is 8.63. The number of ether oxygens (including phenoxy) is 2. The van der Waals surface area contributed by atoms with E-state index in [0.29, 0.717) is 0 Å². The molecule has 0 bridgehead atoms. The Kier molecular flexibility index (Phi) is 5.78. The number of nitrogens with one attached hydrogen (secondary N) is 1. The molecular formula is C14H24N2O2. The summed E-state index contributed by atoms with van der Waals surface area (Å²) in [5, 5.41) is 3.31. The normalized spacial score (nSPS) is 10.3. The molecule has 18 heavy (non-hydrogen) atoms. The molecule has 4 heteroatoms. The Balaban J connectivity index is 2.90. The number of rotatable bonds is 7. The standard InChI is InChI=1S/C14H24N2O2/c1-6-15-7-8-16(3)12-10-13(17-4)11(2)9-14(12)18-5/h9-10,15H,6-8H2,1-5H3. The van der Waals surface area contributed by atoms with E-state index in [9.17, 15) is 0 Å². The van der Waals surface area contributed by atoms with Gasteiger partial charge in [-0.3, -0.25) is 0 Å². The number of hydrogen-bond donors (Lipinski definition) is 1. The lowest BCUT2D eigenvalue weighted by Crippen LogP contribution is -2.29. The first kappa shape index (κ1) is 14.6. The van der Waals surface area contributed by atoms with E-state index in [2.05, 4.69) is 24.2 Å². The van der Waals surface area contributed by atoms with Crippen LogP contribution in [0.5, 0.6) is 11.5 Å². The van der Waals surface area contributed by atoms with Gasteiger partial charge in [0.1, 0.15) is 11.5 Å². The van der Waals surface area contributed by atoms with E-state index in [4.69, 9.17) is 9.47 Å². The number of nitrogens with zero attached hydrogens (tertiary/aromatic N) is 1.